The minimum Gasteiger partial charge on any atom is -0.484 e. The van der Waals surface area contributed by atoms with Crippen molar-refractivity contribution in [2.75, 3.05) is 45.3 Å². The highest BCUT2D eigenvalue weighted by Crippen LogP contribution is 2.30. The molecule has 1 unspecified atom stereocenters. The number of anilines is 1. The van der Waals surface area contributed by atoms with Gasteiger partial charge in [-0.05, 0) is 36.6 Å². The number of amides is 1. The van der Waals surface area contributed by atoms with E-state index in [0.717, 1.165) is 29.3 Å². The van der Waals surface area contributed by atoms with Gasteiger partial charge < -0.3 is 19.7 Å². The zero-order valence-electron chi connectivity index (χ0n) is 18.2. The molecule has 2 aliphatic rings. The zero-order chi connectivity index (χ0) is 21.7. The number of nitrogens with one attached hydrogen (secondary N) is 2. The second-order valence-electron chi connectivity index (χ2n) is 8.06. The second kappa shape index (κ2) is 9.49. The Labute approximate surface area is 183 Å². The van der Waals surface area contributed by atoms with E-state index in [1.54, 1.807) is 7.11 Å². The van der Waals surface area contributed by atoms with Crippen molar-refractivity contribution >= 4 is 17.4 Å². The number of hydrogen-bond donors (Lipinski definition) is 2. The molecule has 7 nitrogen and oxygen atoms in total. The van der Waals surface area contributed by atoms with Crippen molar-refractivity contribution in [1.29, 1.82) is 0 Å². The molecule has 1 saturated heterocycles. The molecule has 2 N–H and O–H groups in total. The number of likely N-dealkylation sites (tertiary alicyclic amines) is 1. The summed E-state index contributed by atoms with van der Waals surface area (Å²) in [7, 11) is 1.68. The molecule has 31 heavy (non-hydrogen) atoms. The molecule has 2 heterocycles. The fourth-order valence-electron chi connectivity index (χ4n) is 4.14. The van der Waals surface area contributed by atoms with Crippen LogP contribution in [-0.4, -0.2) is 62.1 Å². The van der Waals surface area contributed by atoms with Gasteiger partial charge in [0, 0.05) is 32.4 Å². The highest BCUT2D eigenvalue weighted by molar-refractivity contribution is 6.04. The number of rotatable bonds is 6. The van der Waals surface area contributed by atoms with Crippen LogP contribution in [0.2, 0.25) is 0 Å². The van der Waals surface area contributed by atoms with E-state index in [1.807, 2.05) is 48.2 Å². The first kappa shape index (κ1) is 21.3. The van der Waals surface area contributed by atoms with Crippen LogP contribution >= 0.6 is 0 Å². The molecule has 4 rings (SSSR count). The molecular formula is C24H30N4O3. The predicted octanol–water partition coefficient (Wildman–Crippen LogP) is 2.61. The summed E-state index contributed by atoms with van der Waals surface area (Å²) in [6.45, 7) is 5.05. The van der Waals surface area contributed by atoms with Crippen molar-refractivity contribution in [2.24, 2.45) is 4.99 Å². The van der Waals surface area contributed by atoms with Crippen LogP contribution in [0.5, 0.6) is 5.75 Å². The molecular weight excluding hydrogens is 392 g/mol. The van der Waals surface area contributed by atoms with E-state index < -0.39 is 5.54 Å². The van der Waals surface area contributed by atoms with Crippen molar-refractivity contribution in [3.05, 3.63) is 59.7 Å². The highest BCUT2D eigenvalue weighted by atomic mass is 16.5. The Morgan fingerprint density at radius 3 is 2.84 bits per heavy atom. The van der Waals surface area contributed by atoms with E-state index in [1.165, 1.54) is 5.56 Å². The maximum atomic E-state index is 12.9. The monoisotopic (exact) mass is 422 g/mol. The lowest BCUT2D eigenvalue weighted by molar-refractivity contribution is -0.132. The van der Waals surface area contributed by atoms with E-state index >= 15 is 0 Å². The first-order chi connectivity index (χ1) is 15.1. The van der Waals surface area contributed by atoms with Crippen LogP contribution in [-0.2, 0) is 16.1 Å². The third-order valence-corrected chi connectivity index (χ3v) is 5.97. The normalized spacial score (nSPS) is 21.6. The molecule has 1 fully saturated rings. The van der Waals surface area contributed by atoms with Crippen LogP contribution in [0, 0.1) is 6.92 Å². The average molecular weight is 423 g/mol. The summed E-state index contributed by atoms with van der Waals surface area (Å²) in [6.07, 6.45) is 0.788. The number of nitrogens with zero attached hydrogens (tertiary/aromatic N) is 2. The second-order valence-corrected chi connectivity index (χ2v) is 8.06. The first-order valence-electron chi connectivity index (χ1n) is 10.7. The number of aryl methyl sites for hydroxylation is 1. The van der Waals surface area contributed by atoms with Crippen molar-refractivity contribution < 1.29 is 14.3 Å². The quantitative estimate of drug-likeness (QED) is 0.700. The molecule has 7 heteroatoms. The predicted molar refractivity (Wildman–Crippen MR) is 122 cm³/mol. The number of carbonyl (C=O) groups excluding carboxylic acids is 1. The summed E-state index contributed by atoms with van der Waals surface area (Å²) >= 11 is 0. The van der Waals surface area contributed by atoms with Gasteiger partial charge in [-0.3, -0.25) is 15.1 Å². The van der Waals surface area contributed by atoms with Crippen molar-refractivity contribution in [1.82, 2.24) is 10.2 Å². The fraction of sp³-hybridized carbons (Fsp3) is 0.417. The topological polar surface area (TPSA) is 75.2 Å². The Morgan fingerprint density at radius 1 is 1.19 bits per heavy atom. The number of carbonyl (C=O) groups is 1. The lowest BCUT2D eigenvalue weighted by atomic mass is 9.96. The maximum absolute atomic E-state index is 12.9. The summed E-state index contributed by atoms with van der Waals surface area (Å²) in [4.78, 5) is 19.6. The summed E-state index contributed by atoms with van der Waals surface area (Å²) in [5.74, 6) is 1.60. The van der Waals surface area contributed by atoms with Crippen LogP contribution < -0.4 is 15.4 Å². The van der Waals surface area contributed by atoms with Gasteiger partial charge in [0.05, 0.1) is 18.7 Å². The van der Waals surface area contributed by atoms with Crippen molar-refractivity contribution in [3.8, 4) is 5.75 Å². The Bertz CT molecular complexity index is 961. The van der Waals surface area contributed by atoms with E-state index in [-0.39, 0.29) is 12.5 Å². The Morgan fingerprint density at radius 2 is 2.00 bits per heavy atom. The Hall–Kier alpha value is -2.90. The summed E-state index contributed by atoms with van der Waals surface area (Å²) in [6, 6.07) is 16.0. The van der Waals surface area contributed by atoms with Gasteiger partial charge in [-0.15, -0.1) is 0 Å². The van der Waals surface area contributed by atoms with Gasteiger partial charge in [-0.1, -0.05) is 36.4 Å². The number of ether oxygens (including phenoxy) is 2. The van der Waals surface area contributed by atoms with Gasteiger partial charge in [0.15, 0.2) is 6.61 Å². The zero-order valence-corrected chi connectivity index (χ0v) is 18.2. The van der Waals surface area contributed by atoms with Crippen LogP contribution in [0.25, 0.3) is 0 Å². The molecule has 0 bridgehead atoms. The molecule has 0 radical (unpaired) electrons. The summed E-state index contributed by atoms with van der Waals surface area (Å²) < 4.78 is 11.0. The largest absolute Gasteiger partial charge is 0.484 e. The molecule has 2 aromatic rings. The molecule has 0 aliphatic carbocycles. The van der Waals surface area contributed by atoms with Gasteiger partial charge in [-0.2, -0.15) is 0 Å². The molecule has 2 aromatic carbocycles. The number of methoxy groups -OCH3 is 1. The van der Waals surface area contributed by atoms with E-state index in [4.69, 9.17) is 14.5 Å². The SMILES string of the molecule is COCCN=C1Nc2ccccc2CNC12CCN(C(=O)COc1ccccc1C)C2. The number of fused-ring (bicyclic) bond motifs is 1. The fourth-order valence-corrected chi connectivity index (χ4v) is 4.14. The minimum absolute atomic E-state index is 0.0140. The first-order valence-corrected chi connectivity index (χ1v) is 10.7. The summed E-state index contributed by atoms with van der Waals surface area (Å²) in [5.41, 5.74) is 2.85. The number of para-hydroxylation sites is 2. The number of aliphatic imine (C=N–C) groups is 1. The van der Waals surface area contributed by atoms with Crippen LogP contribution in [0.4, 0.5) is 5.69 Å². The van der Waals surface area contributed by atoms with Gasteiger partial charge in [0.25, 0.3) is 5.91 Å². The van der Waals surface area contributed by atoms with E-state index in [2.05, 4.69) is 22.8 Å². The van der Waals surface area contributed by atoms with Crippen LogP contribution in [0.3, 0.4) is 0 Å². The third kappa shape index (κ3) is 4.73. The molecule has 164 valence electrons. The Balaban J connectivity index is 1.48. The maximum Gasteiger partial charge on any atom is 0.260 e. The lowest BCUT2D eigenvalue weighted by Crippen LogP contribution is -2.55. The number of hydrogen-bond acceptors (Lipinski definition) is 5. The standard InChI is InChI=1S/C24H30N4O3/c1-18-7-3-6-10-21(18)31-16-22(29)28-13-11-24(17-28)23(25-12-14-30-2)27-20-9-5-4-8-19(20)15-26-24/h3-10,26H,11-17H2,1-2H3,(H,25,27). The third-order valence-electron chi connectivity index (χ3n) is 5.97. The van der Waals surface area contributed by atoms with Crippen molar-refractivity contribution in [2.45, 2.75) is 25.4 Å². The van der Waals surface area contributed by atoms with Crippen molar-refractivity contribution in [3.63, 3.8) is 0 Å². The van der Waals surface area contributed by atoms with Gasteiger partial charge in [0.1, 0.15) is 11.6 Å². The molecule has 1 amide bonds. The van der Waals surface area contributed by atoms with E-state index in [9.17, 15) is 4.79 Å². The molecule has 0 aromatic heterocycles. The lowest BCUT2D eigenvalue weighted by Gasteiger charge is -2.30. The minimum atomic E-state index is -0.412. The van der Waals surface area contributed by atoms with Gasteiger partial charge in [-0.25, -0.2) is 0 Å². The number of benzene rings is 2. The van der Waals surface area contributed by atoms with E-state index in [0.29, 0.717) is 32.8 Å². The van der Waals surface area contributed by atoms with Gasteiger partial charge in [0.2, 0.25) is 0 Å². The molecule has 2 aliphatic heterocycles. The molecule has 0 saturated carbocycles. The Kier molecular flexibility index (Phi) is 6.53. The molecule has 1 atom stereocenters. The summed E-state index contributed by atoms with van der Waals surface area (Å²) in [5, 5.41) is 7.23. The highest BCUT2D eigenvalue weighted by Gasteiger charge is 2.45. The average Bonchev–Trinajstić information content (AvgIpc) is 3.16. The van der Waals surface area contributed by atoms with Gasteiger partial charge >= 0.3 is 0 Å². The van der Waals surface area contributed by atoms with Crippen LogP contribution in [0.1, 0.15) is 17.5 Å². The number of amidine groups is 1. The van der Waals surface area contributed by atoms with Crippen LogP contribution in [0.15, 0.2) is 53.5 Å². The smallest absolute Gasteiger partial charge is 0.260 e. The molecule has 1 spiro atoms.